The smallest absolute Gasteiger partial charge is 0.341 e. The topological polar surface area (TPSA) is 53.4 Å². The zero-order chi connectivity index (χ0) is 14.3. The van der Waals surface area contributed by atoms with Crippen LogP contribution in [0.25, 0.3) is 0 Å². The van der Waals surface area contributed by atoms with Crippen molar-refractivity contribution in [2.75, 3.05) is 13.2 Å². The normalized spacial score (nSPS) is 18.4. The molecule has 1 fully saturated rings. The summed E-state index contributed by atoms with van der Waals surface area (Å²) in [5.74, 6) is -0.313. The van der Waals surface area contributed by atoms with Crippen molar-refractivity contribution >= 4 is 5.97 Å². The van der Waals surface area contributed by atoms with Gasteiger partial charge in [0.1, 0.15) is 11.8 Å². The largest absolute Gasteiger partial charge is 0.462 e. The lowest BCUT2D eigenvalue weighted by molar-refractivity contribution is -0.0396. The second kappa shape index (κ2) is 7.94. The first-order valence-corrected chi connectivity index (χ1v) is 7.07. The molecular weight excluding hydrogens is 244 g/mol. The van der Waals surface area contributed by atoms with Gasteiger partial charge in [0.2, 0.25) is 0 Å². The molecule has 1 unspecified atom stereocenters. The molecule has 0 spiro atoms. The number of carbonyl (C=O) groups excluding carboxylic acids is 1. The first kappa shape index (κ1) is 15.7. The summed E-state index contributed by atoms with van der Waals surface area (Å²) >= 11 is 0. The first-order chi connectivity index (χ1) is 9.22. The fourth-order valence-corrected chi connectivity index (χ4v) is 1.97. The Balaban J connectivity index is 0.000000861. The predicted octanol–water partition coefficient (Wildman–Crippen LogP) is 3.09. The van der Waals surface area contributed by atoms with Crippen molar-refractivity contribution in [2.24, 2.45) is 0 Å². The summed E-state index contributed by atoms with van der Waals surface area (Å²) in [6.45, 7) is 8.75. The van der Waals surface area contributed by atoms with Crippen molar-refractivity contribution in [3.05, 3.63) is 17.5 Å². The van der Waals surface area contributed by atoms with Crippen LogP contribution in [0.15, 0.2) is 6.20 Å². The van der Waals surface area contributed by atoms with E-state index in [1.54, 1.807) is 17.8 Å². The molecule has 108 valence electrons. The van der Waals surface area contributed by atoms with Crippen molar-refractivity contribution in [1.29, 1.82) is 0 Å². The van der Waals surface area contributed by atoms with E-state index in [0.29, 0.717) is 17.9 Å². The number of nitrogens with zero attached hydrogens (tertiary/aromatic N) is 2. The molecule has 0 amide bonds. The molecule has 5 nitrogen and oxygen atoms in total. The number of ether oxygens (including phenoxy) is 2. The van der Waals surface area contributed by atoms with Crippen LogP contribution in [0, 0.1) is 6.92 Å². The Hall–Kier alpha value is -1.36. The average Bonchev–Trinajstić information content (AvgIpc) is 2.84. The van der Waals surface area contributed by atoms with E-state index in [4.69, 9.17) is 9.47 Å². The van der Waals surface area contributed by atoms with E-state index >= 15 is 0 Å². The quantitative estimate of drug-likeness (QED) is 0.790. The van der Waals surface area contributed by atoms with Crippen molar-refractivity contribution in [3.63, 3.8) is 0 Å². The summed E-state index contributed by atoms with van der Waals surface area (Å²) in [5.41, 5.74) is 1.22. The van der Waals surface area contributed by atoms with Crippen LogP contribution in [0.5, 0.6) is 0 Å². The number of esters is 1. The monoisotopic (exact) mass is 268 g/mol. The molecule has 2 rings (SSSR count). The van der Waals surface area contributed by atoms with Crippen LogP contribution in [0.4, 0.5) is 0 Å². The number of aromatic nitrogens is 2. The summed E-state index contributed by atoms with van der Waals surface area (Å²) in [5, 5.41) is 4.33. The van der Waals surface area contributed by atoms with Gasteiger partial charge >= 0.3 is 5.97 Å². The molecule has 0 saturated carbocycles. The maximum Gasteiger partial charge on any atom is 0.341 e. The molecule has 0 N–H and O–H groups in total. The molecule has 19 heavy (non-hydrogen) atoms. The molecule has 1 atom stereocenters. The lowest BCUT2D eigenvalue weighted by Crippen LogP contribution is -2.18. The SMILES string of the molecule is CC.CCOC(=O)c1cn(C2CCCCO2)nc1C. The van der Waals surface area contributed by atoms with Gasteiger partial charge in [-0.25, -0.2) is 9.48 Å². The number of carbonyl (C=O) groups is 1. The Morgan fingerprint density at radius 2 is 2.26 bits per heavy atom. The predicted molar refractivity (Wildman–Crippen MR) is 73.1 cm³/mol. The fourth-order valence-electron chi connectivity index (χ4n) is 1.97. The fraction of sp³-hybridized carbons (Fsp3) is 0.714. The minimum Gasteiger partial charge on any atom is -0.462 e. The standard InChI is InChI=1S/C12H18N2O3.C2H6/c1-3-16-12(15)10-8-14(13-9(10)2)11-6-4-5-7-17-11;1-2/h8,11H,3-7H2,1-2H3;1-2H3. The highest BCUT2D eigenvalue weighted by atomic mass is 16.5. The van der Waals surface area contributed by atoms with E-state index in [2.05, 4.69) is 5.10 Å². The van der Waals surface area contributed by atoms with Gasteiger partial charge in [0.25, 0.3) is 0 Å². The highest BCUT2D eigenvalue weighted by Crippen LogP contribution is 2.23. The van der Waals surface area contributed by atoms with Crippen molar-refractivity contribution in [2.45, 2.75) is 53.2 Å². The van der Waals surface area contributed by atoms with E-state index in [-0.39, 0.29) is 12.2 Å². The van der Waals surface area contributed by atoms with E-state index in [0.717, 1.165) is 25.9 Å². The minimum absolute atomic E-state index is 0.0365. The van der Waals surface area contributed by atoms with E-state index in [1.807, 2.05) is 20.8 Å². The zero-order valence-corrected chi connectivity index (χ0v) is 12.3. The minimum atomic E-state index is -0.313. The molecule has 1 aliphatic heterocycles. The first-order valence-electron chi connectivity index (χ1n) is 7.07. The number of rotatable bonds is 3. The summed E-state index contributed by atoms with van der Waals surface area (Å²) < 4.78 is 12.3. The van der Waals surface area contributed by atoms with Crippen molar-refractivity contribution < 1.29 is 14.3 Å². The van der Waals surface area contributed by atoms with Gasteiger partial charge in [-0.2, -0.15) is 5.10 Å². The van der Waals surface area contributed by atoms with Gasteiger partial charge in [-0.15, -0.1) is 0 Å². The van der Waals surface area contributed by atoms with E-state index in [1.165, 1.54) is 0 Å². The molecule has 2 heterocycles. The summed E-state index contributed by atoms with van der Waals surface area (Å²) in [4.78, 5) is 11.6. The summed E-state index contributed by atoms with van der Waals surface area (Å²) in [7, 11) is 0. The van der Waals surface area contributed by atoms with Crippen LogP contribution in [-0.2, 0) is 9.47 Å². The Bertz CT molecular complexity index is 395. The molecule has 1 aromatic heterocycles. The van der Waals surface area contributed by atoms with Gasteiger partial charge in [0, 0.05) is 12.8 Å². The molecule has 0 aliphatic carbocycles. The van der Waals surface area contributed by atoms with Crippen LogP contribution in [-0.4, -0.2) is 29.0 Å². The Morgan fingerprint density at radius 1 is 1.53 bits per heavy atom. The molecule has 5 heteroatoms. The van der Waals surface area contributed by atoms with Crippen LogP contribution in [0.1, 0.15) is 62.3 Å². The molecule has 1 saturated heterocycles. The lowest BCUT2D eigenvalue weighted by atomic mass is 10.2. The second-order valence-corrected chi connectivity index (χ2v) is 4.15. The molecule has 0 aromatic carbocycles. The maximum atomic E-state index is 11.6. The van der Waals surface area contributed by atoms with Crippen LogP contribution < -0.4 is 0 Å². The van der Waals surface area contributed by atoms with Gasteiger partial charge in [0.05, 0.1) is 12.3 Å². The Labute approximate surface area is 114 Å². The van der Waals surface area contributed by atoms with Crippen LogP contribution in [0.3, 0.4) is 0 Å². The van der Waals surface area contributed by atoms with Gasteiger partial charge < -0.3 is 9.47 Å². The van der Waals surface area contributed by atoms with Crippen molar-refractivity contribution in [3.8, 4) is 0 Å². The van der Waals surface area contributed by atoms with Gasteiger partial charge in [-0.05, 0) is 33.1 Å². The number of hydrogen-bond donors (Lipinski definition) is 0. The molecule has 0 radical (unpaired) electrons. The van der Waals surface area contributed by atoms with Crippen molar-refractivity contribution in [1.82, 2.24) is 9.78 Å². The van der Waals surface area contributed by atoms with E-state index < -0.39 is 0 Å². The summed E-state index contributed by atoms with van der Waals surface area (Å²) in [6, 6.07) is 0. The highest BCUT2D eigenvalue weighted by molar-refractivity contribution is 5.90. The third-order valence-corrected chi connectivity index (χ3v) is 2.86. The molecule has 0 bridgehead atoms. The third kappa shape index (κ3) is 4.06. The average molecular weight is 268 g/mol. The highest BCUT2D eigenvalue weighted by Gasteiger charge is 2.20. The maximum absolute atomic E-state index is 11.6. The second-order valence-electron chi connectivity index (χ2n) is 4.15. The van der Waals surface area contributed by atoms with Crippen LogP contribution >= 0.6 is 0 Å². The molecule has 1 aromatic rings. The van der Waals surface area contributed by atoms with Gasteiger partial charge in [-0.1, -0.05) is 13.8 Å². The van der Waals surface area contributed by atoms with Crippen LogP contribution in [0.2, 0.25) is 0 Å². The zero-order valence-electron chi connectivity index (χ0n) is 12.3. The Morgan fingerprint density at radius 3 is 2.84 bits per heavy atom. The van der Waals surface area contributed by atoms with Gasteiger partial charge in [-0.3, -0.25) is 0 Å². The summed E-state index contributed by atoms with van der Waals surface area (Å²) in [6.07, 6.45) is 4.87. The molecular formula is C14H24N2O3. The number of hydrogen-bond acceptors (Lipinski definition) is 4. The molecule has 1 aliphatic rings. The van der Waals surface area contributed by atoms with E-state index in [9.17, 15) is 4.79 Å². The Kier molecular flexibility index (Phi) is 6.56. The van der Waals surface area contributed by atoms with Gasteiger partial charge in [0.15, 0.2) is 0 Å². The number of aryl methyl sites for hydroxylation is 1. The lowest BCUT2D eigenvalue weighted by Gasteiger charge is -2.22. The third-order valence-electron chi connectivity index (χ3n) is 2.86.